The topological polar surface area (TPSA) is 88.4 Å². The number of hydrazone groups is 1. The fraction of sp³-hybridized carbons (Fsp3) is 0.227. The summed E-state index contributed by atoms with van der Waals surface area (Å²) in [7, 11) is 0. The van der Waals surface area contributed by atoms with Crippen molar-refractivity contribution >= 4 is 29.4 Å². The number of hydrogen-bond donors (Lipinski definition) is 1. The number of nitrogens with zero attached hydrogens (tertiary/aromatic N) is 2. The van der Waals surface area contributed by atoms with E-state index in [0.29, 0.717) is 47.1 Å². The highest BCUT2D eigenvalue weighted by atomic mass is 16.5. The molecule has 0 bridgehead atoms. The quantitative estimate of drug-likeness (QED) is 0.595. The molecule has 1 heterocycles. The first-order chi connectivity index (χ1) is 13.9. The summed E-state index contributed by atoms with van der Waals surface area (Å²) in [6.07, 6.45) is 1.70. The summed E-state index contributed by atoms with van der Waals surface area (Å²) in [5.74, 6) is -0.296. The van der Waals surface area contributed by atoms with Gasteiger partial charge in [0, 0.05) is 0 Å². The first kappa shape index (κ1) is 20.1. The molecule has 0 saturated carbocycles. The van der Waals surface area contributed by atoms with Crippen LogP contribution in [0.2, 0.25) is 0 Å². The van der Waals surface area contributed by atoms with Gasteiger partial charge >= 0.3 is 5.97 Å². The maximum Gasteiger partial charge on any atom is 0.338 e. The molecule has 2 aromatic rings. The molecule has 0 spiro atoms. The van der Waals surface area contributed by atoms with E-state index >= 15 is 0 Å². The number of ether oxygens (including phenoxy) is 2. The zero-order valence-electron chi connectivity index (χ0n) is 16.5. The molecule has 0 radical (unpaired) electrons. The summed E-state index contributed by atoms with van der Waals surface area (Å²) in [4.78, 5) is 24.7. The van der Waals surface area contributed by atoms with Gasteiger partial charge in [0.05, 0.1) is 35.7 Å². The number of benzene rings is 2. The Kier molecular flexibility index (Phi) is 5.97. The number of rotatable bonds is 6. The molecule has 1 aliphatic rings. The summed E-state index contributed by atoms with van der Waals surface area (Å²) < 4.78 is 10.4. The minimum absolute atomic E-state index is 0.0421. The Bertz CT molecular complexity index is 993. The van der Waals surface area contributed by atoms with E-state index in [1.807, 2.05) is 6.92 Å². The first-order valence-corrected chi connectivity index (χ1v) is 9.29. The Morgan fingerprint density at radius 3 is 2.52 bits per heavy atom. The van der Waals surface area contributed by atoms with Crippen LogP contribution in [0.3, 0.4) is 0 Å². The van der Waals surface area contributed by atoms with E-state index in [1.54, 1.807) is 56.3 Å². The lowest BCUT2D eigenvalue weighted by Crippen LogP contribution is -2.21. The number of hydrogen-bond acceptors (Lipinski definition) is 6. The van der Waals surface area contributed by atoms with Crippen molar-refractivity contribution in [1.29, 1.82) is 0 Å². The molecule has 7 heteroatoms. The van der Waals surface area contributed by atoms with E-state index in [-0.39, 0.29) is 11.7 Å². The number of anilines is 1. The number of carbonyl (C=O) groups is 2. The maximum atomic E-state index is 12.9. The van der Waals surface area contributed by atoms with Gasteiger partial charge in [-0.3, -0.25) is 4.79 Å². The predicted octanol–water partition coefficient (Wildman–Crippen LogP) is 3.77. The van der Waals surface area contributed by atoms with Crippen molar-refractivity contribution in [2.45, 2.75) is 20.8 Å². The molecule has 150 valence electrons. The van der Waals surface area contributed by atoms with Crippen molar-refractivity contribution < 1.29 is 24.2 Å². The monoisotopic (exact) mass is 394 g/mol. The first-order valence-electron chi connectivity index (χ1n) is 9.29. The molecule has 0 fully saturated rings. The van der Waals surface area contributed by atoms with Crippen molar-refractivity contribution in [1.82, 2.24) is 0 Å². The number of amides is 1. The predicted molar refractivity (Wildman–Crippen MR) is 110 cm³/mol. The van der Waals surface area contributed by atoms with Crippen LogP contribution in [0.4, 0.5) is 5.69 Å². The Morgan fingerprint density at radius 2 is 1.86 bits per heavy atom. The molecular weight excluding hydrogens is 372 g/mol. The van der Waals surface area contributed by atoms with Crippen molar-refractivity contribution in [3.63, 3.8) is 0 Å². The maximum absolute atomic E-state index is 12.9. The Hall–Kier alpha value is -3.61. The average molecular weight is 394 g/mol. The molecule has 0 unspecified atom stereocenters. The lowest BCUT2D eigenvalue weighted by molar-refractivity contribution is -0.114. The fourth-order valence-corrected chi connectivity index (χ4v) is 2.87. The van der Waals surface area contributed by atoms with Crippen LogP contribution in [0.1, 0.15) is 36.7 Å². The van der Waals surface area contributed by atoms with Crippen molar-refractivity contribution in [2.75, 3.05) is 18.2 Å². The highest BCUT2D eigenvalue weighted by Crippen LogP contribution is 2.30. The fourth-order valence-electron chi connectivity index (χ4n) is 2.87. The third kappa shape index (κ3) is 4.29. The van der Waals surface area contributed by atoms with Gasteiger partial charge < -0.3 is 14.6 Å². The van der Waals surface area contributed by atoms with Crippen LogP contribution in [0.15, 0.2) is 53.1 Å². The molecule has 3 rings (SSSR count). The number of phenols is 1. The normalized spacial score (nSPS) is 14.9. The van der Waals surface area contributed by atoms with Gasteiger partial charge in [0.25, 0.3) is 5.91 Å². The second-order valence-electron chi connectivity index (χ2n) is 6.29. The van der Waals surface area contributed by atoms with E-state index in [2.05, 4.69) is 5.10 Å². The molecule has 0 saturated heterocycles. The number of esters is 1. The lowest BCUT2D eigenvalue weighted by atomic mass is 10.1. The van der Waals surface area contributed by atoms with Crippen LogP contribution in [0.5, 0.6) is 11.5 Å². The lowest BCUT2D eigenvalue weighted by Gasteiger charge is -2.12. The van der Waals surface area contributed by atoms with Crippen LogP contribution < -0.4 is 9.75 Å². The van der Waals surface area contributed by atoms with Crippen LogP contribution >= 0.6 is 0 Å². The summed E-state index contributed by atoms with van der Waals surface area (Å²) >= 11 is 0. The van der Waals surface area contributed by atoms with Gasteiger partial charge in [0.1, 0.15) is 0 Å². The van der Waals surface area contributed by atoms with Crippen LogP contribution in [0.25, 0.3) is 6.08 Å². The molecule has 0 aromatic heterocycles. The smallest absolute Gasteiger partial charge is 0.338 e. The summed E-state index contributed by atoms with van der Waals surface area (Å²) in [5.41, 5.74) is 2.67. The molecule has 1 N–H and O–H groups in total. The standard InChI is InChI=1S/C22H22N2O5/c1-4-28-20-13-15(6-11-19(20)25)12-18-14(3)23-24(21(18)26)17-9-7-16(8-10-17)22(27)29-5-2/h6-13,25H,4-5H2,1-3H3/b18-12+. The van der Waals surface area contributed by atoms with Gasteiger partial charge in [0.15, 0.2) is 11.5 Å². The molecule has 1 amide bonds. The second-order valence-corrected chi connectivity index (χ2v) is 6.29. The van der Waals surface area contributed by atoms with Gasteiger partial charge in [-0.25, -0.2) is 4.79 Å². The Morgan fingerprint density at radius 1 is 1.14 bits per heavy atom. The van der Waals surface area contributed by atoms with E-state index < -0.39 is 5.97 Å². The van der Waals surface area contributed by atoms with E-state index in [0.717, 1.165) is 0 Å². The zero-order chi connectivity index (χ0) is 21.0. The van der Waals surface area contributed by atoms with Crippen LogP contribution in [-0.2, 0) is 9.53 Å². The average Bonchev–Trinajstić information content (AvgIpc) is 2.99. The molecule has 0 aliphatic carbocycles. The Labute approximate surface area is 168 Å². The SMILES string of the molecule is CCOC(=O)c1ccc(N2N=C(C)/C(=C\c3ccc(O)c(OCC)c3)C2=O)cc1. The van der Waals surface area contributed by atoms with Crippen molar-refractivity contribution in [2.24, 2.45) is 5.10 Å². The van der Waals surface area contributed by atoms with Crippen LogP contribution in [-0.4, -0.2) is 35.9 Å². The van der Waals surface area contributed by atoms with Gasteiger partial charge in [-0.15, -0.1) is 0 Å². The van der Waals surface area contributed by atoms with Gasteiger partial charge in [0.2, 0.25) is 0 Å². The molecule has 2 aromatic carbocycles. The third-order valence-corrected chi connectivity index (χ3v) is 4.28. The van der Waals surface area contributed by atoms with Gasteiger partial charge in [-0.2, -0.15) is 10.1 Å². The summed E-state index contributed by atoms with van der Waals surface area (Å²) in [6.45, 7) is 6.03. The van der Waals surface area contributed by atoms with E-state index in [9.17, 15) is 14.7 Å². The molecule has 1 aliphatic heterocycles. The Balaban J connectivity index is 1.84. The highest BCUT2D eigenvalue weighted by molar-refractivity contribution is 6.32. The minimum Gasteiger partial charge on any atom is -0.504 e. The van der Waals surface area contributed by atoms with Crippen LogP contribution in [0, 0.1) is 0 Å². The molecule has 7 nitrogen and oxygen atoms in total. The second kappa shape index (κ2) is 8.60. The van der Waals surface area contributed by atoms with Gasteiger partial charge in [-0.05, 0) is 68.8 Å². The van der Waals surface area contributed by atoms with Crippen molar-refractivity contribution in [3.8, 4) is 11.5 Å². The summed E-state index contributed by atoms with van der Waals surface area (Å²) in [6, 6.07) is 11.4. The van der Waals surface area contributed by atoms with Gasteiger partial charge in [-0.1, -0.05) is 6.07 Å². The molecule has 29 heavy (non-hydrogen) atoms. The summed E-state index contributed by atoms with van der Waals surface area (Å²) in [5, 5.41) is 15.5. The number of aromatic hydroxyl groups is 1. The third-order valence-electron chi connectivity index (χ3n) is 4.28. The number of carbonyl (C=O) groups excluding carboxylic acids is 2. The highest BCUT2D eigenvalue weighted by Gasteiger charge is 2.28. The van der Waals surface area contributed by atoms with Crippen molar-refractivity contribution in [3.05, 3.63) is 59.2 Å². The minimum atomic E-state index is -0.413. The number of phenolic OH excluding ortho intramolecular Hbond substituents is 1. The largest absolute Gasteiger partial charge is 0.504 e. The van der Waals surface area contributed by atoms with E-state index in [1.165, 1.54) is 11.1 Å². The van der Waals surface area contributed by atoms with E-state index in [4.69, 9.17) is 9.47 Å². The zero-order valence-corrected chi connectivity index (χ0v) is 16.5. The molecule has 0 atom stereocenters. The molecular formula is C22H22N2O5.